The molecule has 2 amide bonds. The highest BCUT2D eigenvalue weighted by atomic mass is 19.4. The summed E-state index contributed by atoms with van der Waals surface area (Å²) in [6.07, 6.45) is -3.61. The van der Waals surface area contributed by atoms with E-state index in [2.05, 4.69) is 10.6 Å². The van der Waals surface area contributed by atoms with Gasteiger partial charge in [0.1, 0.15) is 6.54 Å². The number of halogens is 3. The first kappa shape index (κ1) is 11.1. The standard InChI is InChI=1S/C7H12F3N3O/c8-7(9,10)4-12-6(14)13-5-1-2-11-3-5/h5,11H,1-4H2,(H2,12,13,14). The molecule has 0 radical (unpaired) electrons. The van der Waals surface area contributed by atoms with E-state index in [-0.39, 0.29) is 6.04 Å². The van der Waals surface area contributed by atoms with Gasteiger partial charge in [-0.15, -0.1) is 0 Å². The van der Waals surface area contributed by atoms with Gasteiger partial charge in [0.15, 0.2) is 0 Å². The van der Waals surface area contributed by atoms with Crippen LogP contribution >= 0.6 is 0 Å². The van der Waals surface area contributed by atoms with Crippen LogP contribution < -0.4 is 16.0 Å². The Bertz CT molecular complexity index is 201. The average Bonchev–Trinajstić information content (AvgIpc) is 2.52. The molecule has 1 atom stereocenters. The monoisotopic (exact) mass is 211 g/mol. The van der Waals surface area contributed by atoms with Crippen molar-refractivity contribution in [2.24, 2.45) is 0 Å². The van der Waals surface area contributed by atoms with Gasteiger partial charge in [0, 0.05) is 12.6 Å². The molecule has 0 saturated carbocycles. The minimum absolute atomic E-state index is 0.0665. The summed E-state index contributed by atoms with van der Waals surface area (Å²) in [4.78, 5) is 10.9. The number of carbonyl (C=O) groups is 1. The van der Waals surface area contributed by atoms with Gasteiger partial charge in [0.25, 0.3) is 0 Å². The fourth-order valence-electron chi connectivity index (χ4n) is 1.19. The molecule has 7 heteroatoms. The van der Waals surface area contributed by atoms with E-state index in [1.54, 1.807) is 5.32 Å². The third-order valence-corrected chi connectivity index (χ3v) is 1.84. The lowest BCUT2D eigenvalue weighted by Gasteiger charge is -2.13. The maximum atomic E-state index is 11.7. The number of hydrogen-bond acceptors (Lipinski definition) is 2. The Morgan fingerprint density at radius 3 is 2.71 bits per heavy atom. The minimum atomic E-state index is -4.36. The highest BCUT2D eigenvalue weighted by Crippen LogP contribution is 2.11. The molecule has 1 aliphatic rings. The molecule has 82 valence electrons. The van der Waals surface area contributed by atoms with Crippen LogP contribution in [0.2, 0.25) is 0 Å². The third kappa shape index (κ3) is 4.31. The van der Waals surface area contributed by atoms with E-state index in [0.29, 0.717) is 6.54 Å². The average molecular weight is 211 g/mol. The highest BCUT2D eigenvalue weighted by Gasteiger charge is 2.28. The Balaban J connectivity index is 2.15. The quantitative estimate of drug-likeness (QED) is 0.611. The molecule has 1 heterocycles. The van der Waals surface area contributed by atoms with Crippen LogP contribution in [-0.4, -0.2) is 37.9 Å². The Morgan fingerprint density at radius 1 is 1.50 bits per heavy atom. The molecular formula is C7H12F3N3O. The minimum Gasteiger partial charge on any atom is -0.334 e. The molecule has 4 nitrogen and oxygen atoms in total. The molecule has 1 fully saturated rings. The van der Waals surface area contributed by atoms with Crippen molar-refractivity contribution in [2.75, 3.05) is 19.6 Å². The van der Waals surface area contributed by atoms with Crippen LogP contribution in [-0.2, 0) is 0 Å². The second kappa shape index (κ2) is 4.50. The first-order chi connectivity index (χ1) is 6.47. The highest BCUT2D eigenvalue weighted by molar-refractivity contribution is 5.74. The molecule has 0 bridgehead atoms. The molecule has 14 heavy (non-hydrogen) atoms. The molecule has 1 rings (SSSR count). The summed E-state index contributed by atoms with van der Waals surface area (Å²) in [6.45, 7) is 0.0998. The predicted octanol–water partition coefficient (Wildman–Crippen LogP) is 0.210. The molecule has 0 aromatic rings. The lowest BCUT2D eigenvalue weighted by Crippen LogP contribution is -2.45. The Labute approximate surface area is 79.2 Å². The van der Waals surface area contributed by atoms with Gasteiger partial charge >= 0.3 is 12.2 Å². The second-order valence-corrected chi connectivity index (χ2v) is 3.13. The lowest BCUT2D eigenvalue weighted by atomic mass is 10.3. The fourth-order valence-corrected chi connectivity index (χ4v) is 1.19. The van der Waals surface area contributed by atoms with Crippen LogP contribution in [0.4, 0.5) is 18.0 Å². The zero-order valence-electron chi connectivity index (χ0n) is 7.45. The molecule has 1 unspecified atom stereocenters. The van der Waals surface area contributed by atoms with E-state index in [0.717, 1.165) is 13.0 Å². The molecule has 0 aromatic carbocycles. The molecule has 0 aliphatic carbocycles. The summed E-state index contributed by atoms with van der Waals surface area (Å²) in [7, 11) is 0. The number of urea groups is 1. The maximum absolute atomic E-state index is 11.7. The van der Waals surface area contributed by atoms with Crippen molar-refractivity contribution in [2.45, 2.75) is 18.6 Å². The Hall–Kier alpha value is -0.980. The lowest BCUT2D eigenvalue weighted by molar-refractivity contribution is -0.122. The molecule has 3 N–H and O–H groups in total. The van der Waals surface area contributed by atoms with Gasteiger partial charge in [-0.1, -0.05) is 0 Å². The summed E-state index contributed by atoms with van der Waals surface area (Å²) in [6, 6.07) is -0.834. The van der Waals surface area contributed by atoms with Gasteiger partial charge in [-0.2, -0.15) is 13.2 Å². The summed E-state index contributed by atoms with van der Waals surface area (Å²) in [5, 5.41) is 7.17. The van der Waals surface area contributed by atoms with E-state index in [9.17, 15) is 18.0 Å². The van der Waals surface area contributed by atoms with E-state index in [4.69, 9.17) is 0 Å². The first-order valence-corrected chi connectivity index (χ1v) is 4.29. The van der Waals surface area contributed by atoms with Crippen molar-refractivity contribution in [1.82, 2.24) is 16.0 Å². The Kier molecular flexibility index (Phi) is 3.56. The zero-order chi connectivity index (χ0) is 10.6. The molecule has 1 saturated heterocycles. The van der Waals surface area contributed by atoms with Crippen LogP contribution in [0.1, 0.15) is 6.42 Å². The van der Waals surface area contributed by atoms with E-state index >= 15 is 0 Å². The first-order valence-electron chi connectivity index (χ1n) is 4.29. The number of rotatable bonds is 2. The number of alkyl halides is 3. The Morgan fingerprint density at radius 2 is 2.21 bits per heavy atom. The number of carbonyl (C=O) groups excluding carboxylic acids is 1. The summed E-state index contributed by atoms with van der Waals surface area (Å²) in [5.41, 5.74) is 0. The van der Waals surface area contributed by atoms with Gasteiger partial charge < -0.3 is 16.0 Å². The molecule has 0 aromatic heterocycles. The molecular weight excluding hydrogens is 199 g/mol. The van der Waals surface area contributed by atoms with Crippen LogP contribution in [0.3, 0.4) is 0 Å². The number of amides is 2. The van der Waals surface area contributed by atoms with E-state index in [1.165, 1.54) is 0 Å². The van der Waals surface area contributed by atoms with Crippen LogP contribution in [0.25, 0.3) is 0 Å². The maximum Gasteiger partial charge on any atom is 0.405 e. The number of hydrogen-bond donors (Lipinski definition) is 3. The van der Waals surface area contributed by atoms with Gasteiger partial charge in [-0.05, 0) is 13.0 Å². The second-order valence-electron chi connectivity index (χ2n) is 3.13. The summed E-state index contributed by atoms with van der Waals surface area (Å²) >= 11 is 0. The van der Waals surface area contributed by atoms with Gasteiger partial charge in [0.2, 0.25) is 0 Å². The smallest absolute Gasteiger partial charge is 0.334 e. The topological polar surface area (TPSA) is 53.2 Å². The normalized spacial score (nSPS) is 22.1. The molecule has 0 spiro atoms. The van der Waals surface area contributed by atoms with Gasteiger partial charge in [-0.25, -0.2) is 4.79 Å². The van der Waals surface area contributed by atoms with Gasteiger partial charge in [-0.3, -0.25) is 0 Å². The number of nitrogens with one attached hydrogen (secondary N) is 3. The van der Waals surface area contributed by atoms with Crippen LogP contribution in [0, 0.1) is 0 Å². The van der Waals surface area contributed by atoms with Gasteiger partial charge in [0.05, 0.1) is 0 Å². The van der Waals surface area contributed by atoms with Crippen molar-refractivity contribution >= 4 is 6.03 Å². The van der Waals surface area contributed by atoms with Crippen molar-refractivity contribution in [3.63, 3.8) is 0 Å². The van der Waals surface area contributed by atoms with Crippen LogP contribution in [0.15, 0.2) is 0 Å². The van der Waals surface area contributed by atoms with E-state index in [1.807, 2.05) is 0 Å². The van der Waals surface area contributed by atoms with Crippen molar-refractivity contribution in [3.8, 4) is 0 Å². The summed E-state index contributed by atoms with van der Waals surface area (Å²) in [5.74, 6) is 0. The van der Waals surface area contributed by atoms with Crippen molar-refractivity contribution in [3.05, 3.63) is 0 Å². The summed E-state index contributed by atoms with van der Waals surface area (Å²) < 4.78 is 35.0. The van der Waals surface area contributed by atoms with Crippen LogP contribution in [0.5, 0.6) is 0 Å². The van der Waals surface area contributed by atoms with Crippen molar-refractivity contribution in [1.29, 1.82) is 0 Å². The third-order valence-electron chi connectivity index (χ3n) is 1.84. The van der Waals surface area contributed by atoms with E-state index < -0.39 is 18.8 Å². The zero-order valence-corrected chi connectivity index (χ0v) is 7.45. The molecule has 1 aliphatic heterocycles. The fraction of sp³-hybridized carbons (Fsp3) is 0.857. The van der Waals surface area contributed by atoms with Crippen molar-refractivity contribution < 1.29 is 18.0 Å². The largest absolute Gasteiger partial charge is 0.405 e. The SMILES string of the molecule is O=C(NCC(F)(F)F)NC1CCNC1. The predicted molar refractivity (Wildman–Crippen MR) is 43.9 cm³/mol.